The summed E-state index contributed by atoms with van der Waals surface area (Å²) in [6, 6.07) is 4.21. The van der Waals surface area contributed by atoms with Gasteiger partial charge in [-0.15, -0.1) is 11.3 Å². The van der Waals surface area contributed by atoms with Gasteiger partial charge in [0.05, 0.1) is 12.1 Å². The van der Waals surface area contributed by atoms with Crippen molar-refractivity contribution in [3.05, 3.63) is 22.4 Å². The molecule has 21 heavy (non-hydrogen) atoms. The second-order valence-corrected chi connectivity index (χ2v) is 7.52. The summed E-state index contributed by atoms with van der Waals surface area (Å²) in [4.78, 5) is 16.4. The predicted molar refractivity (Wildman–Crippen MR) is 82.0 cm³/mol. The van der Waals surface area contributed by atoms with Gasteiger partial charge in [0, 0.05) is 23.9 Å². The molecular weight excluding hydrogens is 284 g/mol. The molecule has 4 rings (SSSR count). The van der Waals surface area contributed by atoms with E-state index in [1.807, 2.05) is 0 Å². The number of carbonyl (C=O) groups is 1. The normalized spacial score (nSPS) is 31.6. The lowest BCUT2D eigenvalue weighted by Gasteiger charge is -2.26. The molecule has 0 bridgehead atoms. The van der Waals surface area contributed by atoms with Crippen molar-refractivity contribution in [3.8, 4) is 0 Å². The molecule has 4 nitrogen and oxygen atoms in total. The quantitative estimate of drug-likeness (QED) is 0.933. The van der Waals surface area contributed by atoms with Gasteiger partial charge in [0.2, 0.25) is 5.91 Å². The van der Waals surface area contributed by atoms with Crippen LogP contribution in [0.15, 0.2) is 17.5 Å². The molecule has 1 aromatic rings. The van der Waals surface area contributed by atoms with Crippen LogP contribution >= 0.6 is 11.3 Å². The highest BCUT2D eigenvalue weighted by Crippen LogP contribution is 2.42. The standard InChI is InChI=1S/C16H22N2O2S/c19-15-16(6-1-2-7-16)17-14(13-4-3-9-21-13)18(15)10-12-5-8-20-11-12/h3-4,9,12,14,17H,1-2,5-8,10-11H2. The van der Waals surface area contributed by atoms with E-state index in [9.17, 15) is 4.79 Å². The first-order valence-electron chi connectivity index (χ1n) is 7.98. The van der Waals surface area contributed by atoms with E-state index in [1.165, 1.54) is 4.88 Å². The van der Waals surface area contributed by atoms with Crippen LogP contribution in [0.5, 0.6) is 0 Å². The van der Waals surface area contributed by atoms with Crippen molar-refractivity contribution in [2.45, 2.75) is 43.8 Å². The number of hydrogen-bond donors (Lipinski definition) is 1. The smallest absolute Gasteiger partial charge is 0.244 e. The van der Waals surface area contributed by atoms with Gasteiger partial charge < -0.3 is 9.64 Å². The summed E-state index contributed by atoms with van der Waals surface area (Å²) >= 11 is 1.74. The Morgan fingerprint density at radius 1 is 1.43 bits per heavy atom. The van der Waals surface area contributed by atoms with Gasteiger partial charge in [-0.3, -0.25) is 10.1 Å². The van der Waals surface area contributed by atoms with E-state index < -0.39 is 0 Å². The third-order valence-corrected chi connectivity index (χ3v) is 6.07. The Hall–Kier alpha value is -0.910. The minimum atomic E-state index is -0.284. The molecule has 3 heterocycles. The molecular formula is C16H22N2O2S. The van der Waals surface area contributed by atoms with E-state index in [1.54, 1.807) is 11.3 Å². The van der Waals surface area contributed by atoms with E-state index in [2.05, 4.69) is 27.7 Å². The monoisotopic (exact) mass is 306 g/mol. The highest BCUT2D eigenvalue weighted by atomic mass is 32.1. The van der Waals surface area contributed by atoms with Gasteiger partial charge >= 0.3 is 0 Å². The largest absolute Gasteiger partial charge is 0.381 e. The van der Waals surface area contributed by atoms with Crippen LogP contribution in [-0.2, 0) is 9.53 Å². The van der Waals surface area contributed by atoms with Crippen LogP contribution in [0.2, 0.25) is 0 Å². The minimum absolute atomic E-state index is 0.0659. The zero-order valence-electron chi connectivity index (χ0n) is 12.2. The van der Waals surface area contributed by atoms with Crippen LogP contribution in [0, 0.1) is 5.92 Å². The molecule has 114 valence electrons. The van der Waals surface area contributed by atoms with Gasteiger partial charge in [0.15, 0.2) is 0 Å². The molecule has 3 aliphatic rings. The predicted octanol–water partition coefficient (Wildman–Crippen LogP) is 2.53. The van der Waals surface area contributed by atoms with E-state index >= 15 is 0 Å². The zero-order chi connectivity index (χ0) is 14.3. The van der Waals surface area contributed by atoms with Crippen LogP contribution in [0.4, 0.5) is 0 Å². The Morgan fingerprint density at radius 2 is 2.29 bits per heavy atom. The van der Waals surface area contributed by atoms with Crippen molar-refractivity contribution in [2.24, 2.45) is 5.92 Å². The van der Waals surface area contributed by atoms with Crippen LogP contribution in [0.25, 0.3) is 0 Å². The summed E-state index contributed by atoms with van der Waals surface area (Å²) in [5.74, 6) is 0.820. The number of hydrogen-bond acceptors (Lipinski definition) is 4. The maximum Gasteiger partial charge on any atom is 0.244 e. The summed E-state index contributed by atoms with van der Waals surface area (Å²) in [5.41, 5.74) is -0.284. The highest BCUT2D eigenvalue weighted by molar-refractivity contribution is 7.10. The lowest BCUT2D eigenvalue weighted by molar-refractivity contribution is -0.133. The number of rotatable bonds is 3. The summed E-state index contributed by atoms with van der Waals surface area (Å²) in [5, 5.41) is 5.78. The molecule has 2 unspecified atom stereocenters. The molecule has 5 heteroatoms. The van der Waals surface area contributed by atoms with E-state index in [4.69, 9.17) is 4.74 Å². The second-order valence-electron chi connectivity index (χ2n) is 6.54. The molecule has 1 N–H and O–H groups in total. The maximum atomic E-state index is 13.1. The minimum Gasteiger partial charge on any atom is -0.381 e. The summed E-state index contributed by atoms with van der Waals surface area (Å²) < 4.78 is 5.49. The van der Waals surface area contributed by atoms with Crippen LogP contribution in [0.1, 0.15) is 43.1 Å². The van der Waals surface area contributed by atoms with Crippen LogP contribution in [-0.4, -0.2) is 36.1 Å². The molecule has 2 aliphatic heterocycles. The van der Waals surface area contributed by atoms with Gasteiger partial charge in [-0.05, 0) is 30.7 Å². The maximum absolute atomic E-state index is 13.1. The molecule has 1 aromatic heterocycles. The number of thiophene rings is 1. The summed E-state index contributed by atoms with van der Waals surface area (Å²) in [7, 11) is 0. The highest BCUT2D eigenvalue weighted by Gasteiger charge is 2.53. The molecule has 1 saturated carbocycles. The van der Waals surface area contributed by atoms with Gasteiger partial charge in [-0.1, -0.05) is 18.9 Å². The Kier molecular flexibility index (Phi) is 3.52. The molecule has 1 spiro atoms. The molecule has 1 amide bonds. The van der Waals surface area contributed by atoms with Crippen molar-refractivity contribution in [2.75, 3.05) is 19.8 Å². The fourth-order valence-corrected chi connectivity index (χ4v) is 4.78. The fourth-order valence-electron chi connectivity index (χ4n) is 4.00. The SMILES string of the molecule is O=C1N(CC2CCOC2)C(c2cccs2)NC12CCCC2. The van der Waals surface area contributed by atoms with Crippen LogP contribution < -0.4 is 5.32 Å². The molecule has 0 aromatic carbocycles. The lowest BCUT2D eigenvalue weighted by Crippen LogP contribution is -2.44. The molecule has 0 radical (unpaired) electrons. The lowest BCUT2D eigenvalue weighted by atomic mass is 9.97. The first-order valence-corrected chi connectivity index (χ1v) is 8.86. The van der Waals surface area contributed by atoms with Crippen molar-refractivity contribution < 1.29 is 9.53 Å². The fraction of sp³-hybridized carbons (Fsp3) is 0.688. The molecule has 2 atom stereocenters. The van der Waals surface area contributed by atoms with Gasteiger partial charge in [0.1, 0.15) is 6.17 Å². The first kappa shape index (κ1) is 13.7. The number of carbonyl (C=O) groups excluding carboxylic acids is 1. The van der Waals surface area contributed by atoms with Crippen LogP contribution in [0.3, 0.4) is 0 Å². The van der Waals surface area contributed by atoms with E-state index in [0.717, 1.165) is 51.9 Å². The first-order chi connectivity index (χ1) is 10.3. The Labute approximate surface area is 129 Å². The third kappa shape index (κ3) is 2.31. The molecule has 3 fully saturated rings. The average molecular weight is 306 g/mol. The van der Waals surface area contributed by atoms with Crippen molar-refractivity contribution >= 4 is 17.2 Å². The number of nitrogens with one attached hydrogen (secondary N) is 1. The topological polar surface area (TPSA) is 41.6 Å². The summed E-state index contributed by atoms with van der Waals surface area (Å²) in [6.45, 7) is 2.47. The molecule has 2 saturated heterocycles. The summed E-state index contributed by atoms with van der Waals surface area (Å²) in [6.07, 6.45) is 5.45. The second kappa shape index (κ2) is 5.38. The Balaban J connectivity index is 1.61. The van der Waals surface area contributed by atoms with Crippen molar-refractivity contribution in [3.63, 3.8) is 0 Å². The zero-order valence-corrected chi connectivity index (χ0v) is 13.0. The van der Waals surface area contributed by atoms with Gasteiger partial charge in [-0.25, -0.2) is 0 Å². The molecule has 1 aliphatic carbocycles. The van der Waals surface area contributed by atoms with E-state index in [-0.39, 0.29) is 11.7 Å². The Bertz CT molecular complexity index is 504. The van der Waals surface area contributed by atoms with Gasteiger partial charge in [0.25, 0.3) is 0 Å². The van der Waals surface area contributed by atoms with Gasteiger partial charge in [-0.2, -0.15) is 0 Å². The van der Waals surface area contributed by atoms with Crippen molar-refractivity contribution in [1.82, 2.24) is 10.2 Å². The van der Waals surface area contributed by atoms with E-state index in [0.29, 0.717) is 11.8 Å². The average Bonchev–Trinajstić information content (AvgIpc) is 3.26. The number of nitrogens with zero attached hydrogens (tertiary/aromatic N) is 1. The number of amides is 1. The number of ether oxygens (including phenoxy) is 1. The third-order valence-electron chi connectivity index (χ3n) is 5.14. The van der Waals surface area contributed by atoms with Crippen molar-refractivity contribution in [1.29, 1.82) is 0 Å². The Morgan fingerprint density at radius 3 is 2.95 bits per heavy atom.